The largest absolute Gasteiger partial charge is 0.254 e. The molecule has 118 valence electrons. The standard InChI is InChI=1S/C21H22FN/c1-15(9-10-16(2)21-20(22)8-5-13-23-21)18-12-11-17-6-3-4-7-19(17)14-18/h5,8,11-14H,1-4,6-7,9-10H2. The highest BCUT2D eigenvalue weighted by atomic mass is 19.1. The number of hydrogen-bond donors (Lipinski definition) is 0. The molecule has 1 aromatic heterocycles. The number of halogens is 1. The van der Waals surface area contributed by atoms with Crippen molar-refractivity contribution in [2.75, 3.05) is 0 Å². The maximum Gasteiger partial charge on any atom is 0.149 e. The number of aromatic nitrogens is 1. The van der Waals surface area contributed by atoms with Gasteiger partial charge in [-0.2, -0.15) is 0 Å². The fourth-order valence-corrected chi connectivity index (χ4v) is 3.16. The quantitative estimate of drug-likeness (QED) is 0.700. The van der Waals surface area contributed by atoms with E-state index in [9.17, 15) is 4.39 Å². The van der Waals surface area contributed by atoms with Crippen LogP contribution in [0.2, 0.25) is 0 Å². The molecule has 1 aliphatic rings. The van der Waals surface area contributed by atoms with E-state index < -0.39 is 0 Å². The van der Waals surface area contributed by atoms with Gasteiger partial charge >= 0.3 is 0 Å². The summed E-state index contributed by atoms with van der Waals surface area (Å²) in [6, 6.07) is 9.70. The molecule has 1 nitrogen and oxygen atoms in total. The summed E-state index contributed by atoms with van der Waals surface area (Å²) in [5.74, 6) is -0.308. The average Bonchev–Trinajstić information content (AvgIpc) is 2.59. The zero-order valence-corrected chi connectivity index (χ0v) is 13.4. The second kappa shape index (κ2) is 6.91. The van der Waals surface area contributed by atoms with Crippen LogP contribution in [0.25, 0.3) is 11.1 Å². The summed E-state index contributed by atoms with van der Waals surface area (Å²) < 4.78 is 13.7. The normalized spacial score (nSPS) is 13.4. The number of allylic oxidation sites excluding steroid dienone is 2. The lowest BCUT2D eigenvalue weighted by Gasteiger charge is -2.17. The third-order valence-corrected chi connectivity index (χ3v) is 4.58. The molecule has 0 amide bonds. The van der Waals surface area contributed by atoms with Crippen molar-refractivity contribution < 1.29 is 4.39 Å². The van der Waals surface area contributed by atoms with Gasteiger partial charge in [0, 0.05) is 6.20 Å². The lowest BCUT2D eigenvalue weighted by molar-refractivity contribution is 0.615. The van der Waals surface area contributed by atoms with Crippen LogP contribution in [0.1, 0.15) is 48.1 Å². The van der Waals surface area contributed by atoms with Crippen LogP contribution in [0.5, 0.6) is 0 Å². The van der Waals surface area contributed by atoms with Crippen molar-refractivity contribution in [2.45, 2.75) is 38.5 Å². The van der Waals surface area contributed by atoms with Gasteiger partial charge in [-0.3, -0.25) is 4.98 Å². The van der Waals surface area contributed by atoms with E-state index in [1.165, 1.54) is 48.4 Å². The topological polar surface area (TPSA) is 12.9 Å². The maximum atomic E-state index is 13.7. The van der Waals surface area contributed by atoms with Gasteiger partial charge < -0.3 is 0 Å². The van der Waals surface area contributed by atoms with Crippen LogP contribution >= 0.6 is 0 Å². The van der Waals surface area contributed by atoms with Crippen LogP contribution < -0.4 is 0 Å². The van der Waals surface area contributed by atoms with Crippen LogP contribution in [0.4, 0.5) is 4.39 Å². The van der Waals surface area contributed by atoms with Crippen LogP contribution in [0, 0.1) is 5.82 Å². The molecule has 0 aliphatic heterocycles. The maximum absolute atomic E-state index is 13.7. The summed E-state index contributed by atoms with van der Waals surface area (Å²) in [5.41, 5.74) is 6.31. The number of rotatable bonds is 5. The Labute approximate surface area is 137 Å². The van der Waals surface area contributed by atoms with Gasteiger partial charge in [0.25, 0.3) is 0 Å². The van der Waals surface area contributed by atoms with Gasteiger partial charge in [0.1, 0.15) is 11.5 Å². The number of nitrogens with zero attached hydrogens (tertiary/aromatic N) is 1. The smallest absolute Gasteiger partial charge is 0.149 e. The van der Waals surface area contributed by atoms with E-state index >= 15 is 0 Å². The van der Waals surface area contributed by atoms with Crippen LogP contribution in [-0.4, -0.2) is 4.98 Å². The Morgan fingerprint density at radius 3 is 2.52 bits per heavy atom. The molecule has 2 aromatic rings. The fraction of sp³-hybridized carbons (Fsp3) is 0.286. The summed E-state index contributed by atoms with van der Waals surface area (Å²) in [7, 11) is 0. The average molecular weight is 307 g/mol. The van der Waals surface area contributed by atoms with Gasteiger partial charge in [0.2, 0.25) is 0 Å². The molecule has 0 N–H and O–H groups in total. The highest BCUT2D eigenvalue weighted by Crippen LogP contribution is 2.28. The van der Waals surface area contributed by atoms with Crippen LogP contribution in [0.15, 0.2) is 49.7 Å². The van der Waals surface area contributed by atoms with Crippen molar-refractivity contribution in [1.29, 1.82) is 0 Å². The molecule has 23 heavy (non-hydrogen) atoms. The van der Waals surface area contributed by atoms with Gasteiger partial charge in [-0.15, -0.1) is 0 Å². The number of aryl methyl sites for hydroxylation is 2. The van der Waals surface area contributed by atoms with Gasteiger partial charge in [0.15, 0.2) is 0 Å². The van der Waals surface area contributed by atoms with E-state index in [4.69, 9.17) is 0 Å². The Morgan fingerprint density at radius 1 is 1.00 bits per heavy atom. The Hall–Kier alpha value is -2.22. The van der Waals surface area contributed by atoms with Crippen molar-refractivity contribution in [3.8, 4) is 0 Å². The highest BCUT2D eigenvalue weighted by molar-refractivity contribution is 5.68. The first-order chi connectivity index (χ1) is 11.1. The van der Waals surface area contributed by atoms with Crippen molar-refractivity contribution in [3.05, 3.63) is 77.9 Å². The van der Waals surface area contributed by atoms with E-state index in [0.717, 1.165) is 17.6 Å². The molecule has 1 aromatic carbocycles. The molecule has 0 saturated heterocycles. The Balaban J connectivity index is 1.66. The fourth-order valence-electron chi connectivity index (χ4n) is 3.16. The van der Waals surface area contributed by atoms with E-state index in [1.807, 2.05) is 0 Å². The van der Waals surface area contributed by atoms with E-state index in [-0.39, 0.29) is 5.82 Å². The second-order valence-electron chi connectivity index (χ2n) is 6.23. The van der Waals surface area contributed by atoms with E-state index in [0.29, 0.717) is 12.1 Å². The first-order valence-electron chi connectivity index (χ1n) is 8.24. The van der Waals surface area contributed by atoms with Gasteiger partial charge in [0.05, 0.1) is 0 Å². The van der Waals surface area contributed by atoms with Crippen molar-refractivity contribution >= 4 is 11.1 Å². The Bertz CT molecular complexity index is 745. The molecule has 0 spiro atoms. The lowest BCUT2D eigenvalue weighted by atomic mass is 9.88. The lowest BCUT2D eigenvalue weighted by Crippen LogP contribution is -2.03. The first kappa shape index (κ1) is 15.7. The summed E-state index contributed by atoms with van der Waals surface area (Å²) >= 11 is 0. The molecular formula is C21H22FN. The van der Waals surface area contributed by atoms with Crippen molar-refractivity contribution in [1.82, 2.24) is 4.98 Å². The van der Waals surface area contributed by atoms with E-state index in [2.05, 4.69) is 36.3 Å². The predicted octanol–water partition coefficient (Wildman–Crippen LogP) is 5.61. The zero-order valence-electron chi connectivity index (χ0n) is 13.4. The number of pyridine rings is 1. The molecule has 0 saturated carbocycles. The van der Waals surface area contributed by atoms with Gasteiger partial charge in [-0.25, -0.2) is 4.39 Å². The number of fused-ring (bicyclic) bond motifs is 1. The Kier molecular flexibility index (Phi) is 4.71. The molecule has 0 fully saturated rings. The van der Waals surface area contributed by atoms with Crippen molar-refractivity contribution in [2.24, 2.45) is 0 Å². The molecule has 1 aliphatic carbocycles. The zero-order chi connectivity index (χ0) is 16.2. The molecule has 2 heteroatoms. The molecular weight excluding hydrogens is 285 g/mol. The number of benzene rings is 1. The highest BCUT2D eigenvalue weighted by Gasteiger charge is 2.12. The Morgan fingerprint density at radius 2 is 1.74 bits per heavy atom. The monoisotopic (exact) mass is 307 g/mol. The van der Waals surface area contributed by atoms with Crippen LogP contribution in [0.3, 0.4) is 0 Å². The first-order valence-corrected chi connectivity index (χ1v) is 8.24. The SMILES string of the molecule is C=C(CCC(=C)c1ncccc1F)c1ccc2c(c1)CCCC2. The third-order valence-electron chi connectivity index (χ3n) is 4.58. The van der Waals surface area contributed by atoms with Gasteiger partial charge in [-0.1, -0.05) is 31.4 Å². The summed E-state index contributed by atoms with van der Waals surface area (Å²) in [6.07, 6.45) is 7.97. The summed E-state index contributed by atoms with van der Waals surface area (Å²) in [6.45, 7) is 8.18. The summed E-state index contributed by atoms with van der Waals surface area (Å²) in [5, 5.41) is 0. The minimum absolute atomic E-state index is 0.308. The van der Waals surface area contributed by atoms with Crippen molar-refractivity contribution in [3.63, 3.8) is 0 Å². The molecule has 0 atom stereocenters. The van der Waals surface area contributed by atoms with E-state index in [1.54, 1.807) is 12.3 Å². The molecule has 3 rings (SSSR count). The minimum Gasteiger partial charge on any atom is -0.254 e. The van der Waals surface area contributed by atoms with Gasteiger partial charge in [-0.05, 0) is 78.5 Å². The molecule has 1 heterocycles. The number of hydrogen-bond acceptors (Lipinski definition) is 1. The molecule has 0 bridgehead atoms. The third kappa shape index (κ3) is 3.58. The summed E-state index contributed by atoms with van der Waals surface area (Å²) in [4.78, 5) is 4.08. The molecule has 0 unspecified atom stereocenters. The minimum atomic E-state index is -0.308. The molecule has 0 radical (unpaired) electrons. The predicted molar refractivity (Wildman–Crippen MR) is 94.6 cm³/mol. The second-order valence-corrected chi connectivity index (χ2v) is 6.23. The van der Waals surface area contributed by atoms with Crippen LogP contribution in [-0.2, 0) is 12.8 Å².